The van der Waals surface area contributed by atoms with Crippen molar-refractivity contribution < 1.29 is 9.47 Å². The second-order valence-corrected chi connectivity index (χ2v) is 18.6. The van der Waals surface area contributed by atoms with E-state index in [0.29, 0.717) is 0 Å². The second kappa shape index (κ2) is 14.3. The molecule has 0 saturated heterocycles. The smallest absolute Gasteiger partial charge is 0.132 e. The third kappa shape index (κ3) is 5.06. The van der Waals surface area contributed by atoms with Crippen LogP contribution in [0, 0.1) is 0 Å². The molecule has 2 aliphatic heterocycles. The normalized spacial score (nSPS) is 15.7. The number of ether oxygens (including phenoxy) is 2. The number of nitrogens with zero attached hydrogens (tertiary/aromatic N) is 1. The van der Waals surface area contributed by atoms with E-state index >= 15 is 0 Å². The predicted octanol–water partition coefficient (Wildman–Crippen LogP) is 16.9. The van der Waals surface area contributed by atoms with Gasteiger partial charge in [-0.05, 0) is 110 Å². The van der Waals surface area contributed by atoms with E-state index in [-0.39, 0.29) is 0 Å². The second-order valence-electron chi connectivity index (χ2n) is 18.6. The fourth-order valence-corrected chi connectivity index (χ4v) is 12.7. The van der Waals surface area contributed by atoms with E-state index in [2.05, 4.69) is 254 Å². The van der Waals surface area contributed by atoms with E-state index in [1.807, 2.05) is 0 Å². The molecule has 11 aromatic rings. The van der Waals surface area contributed by atoms with E-state index in [4.69, 9.17) is 9.47 Å². The van der Waals surface area contributed by atoms with Crippen LogP contribution >= 0.6 is 0 Å². The first kappa shape index (κ1) is 38.2. The summed E-state index contributed by atoms with van der Waals surface area (Å²) < 4.78 is 13.7. The van der Waals surface area contributed by atoms with Gasteiger partial charge in [-0.15, -0.1) is 0 Å². The molecular formula is C66H41NO2. The molecule has 4 aliphatic rings. The maximum absolute atomic E-state index is 6.94. The van der Waals surface area contributed by atoms with Gasteiger partial charge in [0.05, 0.1) is 22.2 Å². The number of para-hydroxylation sites is 4. The van der Waals surface area contributed by atoms with Gasteiger partial charge < -0.3 is 14.4 Å². The molecular weight excluding hydrogens is 839 g/mol. The first-order valence-electron chi connectivity index (χ1n) is 23.8. The van der Waals surface area contributed by atoms with Crippen molar-refractivity contribution in [3.8, 4) is 56.4 Å². The van der Waals surface area contributed by atoms with Crippen molar-refractivity contribution in [3.05, 3.63) is 293 Å². The highest BCUT2D eigenvalue weighted by Crippen LogP contribution is 2.66. The molecule has 0 radical (unpaired) electrons. The summed E-state index contributed by atoms with van der Waals surface area (Å²) in [6, 6.07) is 91.1. The SMILES string of the molecule is c1ccc(-c2ccccc2N(c2ccc3c(c2)C2(c4ccccc4Oc4ccccc42)c2ccccc2-3)c2cccc3c2-c2ccccc2C32c3ccccc3Oc3cc4ccccc4cc32)cc1. The Morgan fingerprint density at radius 3 is 1.45 bits per heavy atom. The first-order chi connectivity index (χ1) is 34.2. The molecule has 0 aromatic heterocycles. The topological polar surface area (TPSA) is 21.7 Å². The Labute approximate surface area is 400 Å². The largest absolute Gasteiger partial charge is 0.457 e. The number of anilines is 3. The first-order valence-corrected chi connectivity index (χ1v) is 23.8. The Hall–Kier alpha value is -8.92. The summed E-state index contributed by atoms with van der Waals surface area (Å²) >= 11 is 0. The van der Waals surface area contributed by atoms with Gasteiger partial charge >= 0.3 is 0 Å². The number of rotatable bonds is 4. The molecule has 2 heterocycles. The molecule has 1 atom stereocenters. The maximum atomic E-state index is 6.94. The minimum Gasteiger partial charge on any atom is -0.457 e. The molecule has 322 valence electrons. The molecule has 3 nitrogen and oxygen atoms in total. The quantitative estimate of drug-likeness (QED) is 0.176. The molecule has 3 heteroatoms. The summed E-state index contributed by atoms with van der Waals surface area (Å²) in [6.07, 6.45) is 0. The maximum Gasteiger partial charge on any atom is 0.132 e. The lowest BCUT2D eigenvalue weighted by atomic mass is 9.66. The zero-order valence-corrected chi connectivity index (χ0v) is 37.4. The third-order valence-corrected chi connectivity index (χ3v) is 15.4. The Bertz CT molecular complexity index is 3900. The van der Waals surface area contributed by atoms with Crippen molar-refractivity contribution in [2.24, 2.45) is 0 Å². The van der Waals surface area contributed by atoms with Crippen molar-refractivity contribution in [1.82, 2.24) is 0 Å². The Balaban J connectivity index is 1.06. The fraction of sp³-hybridized carbons (Fsp3) is 0.0303. The highest BCUT2D eigenvalue weighted by molar-refractivity contribution is 6.02. The molecule has 11 aromatic carbocycles. The van der Waals surface area contributed by atoms with Gasteiger partial charge in [-0.1, -0.05) is 194 Å². The van der Waals surface area contributed by atoms with E-state index in [0.717, 1.165) is 78.8 Å². The van der Waals surface area contributed by atoms with E-state index in [1.165, 1.54) is 49.9 Å². The minimum absolute atomic E-state index is 0.633. The Kier molecular flexibility index (Phi) is 7.92. The van der Waals surface area contributed by atoms with Gasteiger partial charge in [-0.2, -0.15) is 0 Å². The lowest BCUT2D eigenvalue weighted by Gasteiger charge is -2.40. The number of hydrogen-bond donors (Lipinski definition) is 0. The third-order valence-electron chi connectivity index (χ3n) is 15.4. The molecule has 1 unspecified atom stereocenters. The van der Waals surface area contributed by atoms with Gasteiger partial charge in [0.15, 0.2) is 0 Å². The van der Waals surface area contributed by atoms with E-state index in [9.17, 15) is 0 Å². The van der Waals surface area contributed by atoms with Crippen LogP contribution in [0.3, 0.4) is 0 Å². The summed E-state index contributed by atoms with van der Waals surface area (Å²) in [4.78, 5) is 2.54. The van der Waals surface area contributed by atoms with E-state index in [1.54, 1.807) is 0 Å². The highest BCUT2D eigenvalue weighted by Gasteiger charge is 2.54. The number of fused-ring (bicyclic) bond motifs is 19. The van der Waals surface area contributed by atoms with Crippen LogP contribution < -0.4 is 14.4 Å². The van der Waals surface area contributed by atoms with Crippen molar-refractivity contribution in [1.29, 1.82) is 0 Å². The van der Waals surface area contributed by atoms with Crippen molar-refractivity contribution in [3.63, 3.8) is 0 Å². The lowest BCUT2D eigenvalue weighted by molar-refractivity contribution is 0.436. The minimum atomic E-state index is -0.667. The van der Waals surface area contributed by atoms with Gasteiger partial charge in [-0.3, -0.25) is 0 Å². The highest BCUT2D eigenvalue weighted by atomic mass is 16.5. The zero-order chi connectivity index (χ0) is 45.3. The fourth-order valence-electron chi connectivity index (χ4n) is 12.7. The number of benzene rings is 11. The van der Waals surface area contributed by atoms with Crippen LogP contribution in [0.4, 0.5) is 17.1 Å². The number of hydrogen-bond acceptors (Lipinski definition) is 3. The lowest BCUT2D eigenvalue weighted by Crippen LogP contribution is -2.32. The Morgan fingerprint density at radius 2 is 0.754 bits per heavy atom. The monoisotopic (exact) mass is 879 g/mol. The van der Waals surface area contributed by atoms with Gasteiger partial charge in [0.2, 0.25) is 0 Å². The molecule has 15 rings (SSSR count). The van der Waals surface area contributed by atoms with Crippen LogP contribution in [0.15, 0.2) is 249 Å². The predicted molar refractivity (Wildman–Crippen MR) is 279 cm³/mol. The summed E-state index contributed by atoms with van der Waals surface area (Å²) in [5.41, 5.74) is 18.7. The summed E-state index contributed by atoms with van der Waals surface area (Å²) in [7, 11) is 0. The average molecular weight is 880 g/mol. The average Bonchev–Trinajstić information content (AvgIpc) is 3.87. The van der Waals surface area contributed by atoms with Crippen LogP contribution in [0.2, 0.25) is 0 Å². The van der Waals surface area contributed by atoms with Crippen molar-refractivity contribution in [2.45, 2.75) is 10.8 Å². The van der Waals surface area contributed by atoms with Gasteiger partial charge in [0.1, 0.15) is 23.0 Å². The molecule has 69 heavy (non-hydrogen) atoms. The van der Waals surface area contributed by atoms with Crippen molar-refractivity contribution >= 4 is 27.8 Å². The molecule has 0 N–H and O–H groups in total. The zero-order valence-electron chi connectivity index (χ0n) is 37.4. The van der Waals surface area contributed by atoms with Gasteiger partial charge in [0, 0.05) is 39.1 Å². The summed E-state index contributed by atoms with van der Waals surface area (Å²) in [6.45, 7) is 0. The molecule has 2 aliphatic carbocycles. The molecule has 0 saturated carbocycles. The van der Waals surface area contributed by atoms with Gasteiger partial charge in [0.25, 0.3) is 0 Å². The molecule has 2 spiro atoms. The van der Waals surface area contributed by atoms with E-state index < -0.39 is 10.8 Å². The van der Waals surface area contributed by atoms with Crippen LogP contribution in [0.25, 0.3) is 44.2 Å². The molecule has 0 bridgehead atoms. The molecule has 0 fully saturated rings. The van der Waals surface area contributed by atoms with Crippen molar-refractivity contribution in [2.75, 3.05) is 4.90 Å². The van der Waals surface area contributed by atoms with Crippen LogP contribution in [-0.4, -0.2) is 0 Å². The summed E-state index contributed by atoms with van der Waals surface area (Å²) in [5.74, 6) is 3.51. The standard InChI is InChI=1S/C66H41NO2/c1-2-19-42(20-3-1)46-23-8-14-32-58(46)67(45-37-38-48-47-24-6-9-26-50(47)65(56(48)41-45)52-28-11-15-34-60(52)68-61-35-16-12-29-53(61)65)59-33-18-31-55-64(59)49-25-7-10-27-51(49)66(55)54-30-13-17-36-62(54)69-63-40-44-22-5-4-21-43(44)39-57(63)66/h1-41H. The summed E-state index contributed by atoms with van der Waals surface area (Å²) in [5, 5.41) is 2.34. The van der Waals surface area contributed by atoms with Crippen LogP contribution in [0.5, 0.6) is 23.0 Å². The van der Waals surface area contributed by atoms with Crippen LogP contribution in [0.1, 0.15) is 44.5 Å². The molecule has 0 amide bonds. The van der Waals surface area contributed by atoms with Crippen LogP contribution in [-0.2, 0) is 10.8 Å². The Morgan fingerprint density at radius 1 is 0.275 bits per heavy atom. The van der Waals surface area contributed by atoms with Gasteiger partial charge in [-0.25, -0.2) is 0 Å².